The Kier molecular flexibility index (Phi) is 5.92. The zero-order chi connectivity index (χ0) is 21.3. The van der Waals surface area contributed by atoms with Gasteiger partial charge in [-0.1, -0.05) is 24.3 Å². The number of nitrogens with zero attached hydrogens (tertiary/aromatic N) is 2. The predicted octanol–water partition coefficient (Wildman–Crippen LogP) is 4.28. The smallest absolute Gasteiger partial charge is 0.243 e. The maximum Gasteiger partial charge on any atom is 0.243 e. The normalized spacial score (nSPS) is 20.2. The summed E-state index contributed by atoms with van der Waals surface area (Å²) in [5.74, 6) is 0.770. The third kappa shape index (κ3) is 4.27. The summed E-state index contributed by atoms with van der Waals surface area (Å²) in [5, 5.41) is 2.80. The average molecular weight is 445 g/mol. The van der Waals surface area contributed by atoms with Crippen molar-refractivity contribution < 1.29 is 17.9 Å². The monoisotopic (exact) mass is 444 g/mol. The fourth-order valence-corrected chi connectivity index (χ4v) is 6.05. The summed E-state index contributed by atoms with van der Waals surface area (Å²) in [7, 11) is -1.97. The van der Waals surface area contributed by atoms with E-state index in [-0.39, 0.29) is 17.1 Å². The van der Waals surface area contributed by atoms with E-state index in [9.17, 15) is 8.42 Å². The molecule has 0 spiro atoms. The lowest BCUT2D eigenvalue weighted by Crippen LogP contribution is -2.48. The molecule has 0 unspecified atom stereocenters. The molecule has 0 amide bonds. The Balaban J connectivity index is 1.63. The molecule has 2 atom stereocenters. The zero-order valence-corrected chi connectivity index (χ0v) is 18.7. The van der Waals surface area contributed by atoms with Gasteiger partial charge in [-0.3, -0.25) is 0 Å². The number of methoxy groups -OCH3 is 1. The molecule has 158 valence electrons. The lowest BCUT2D eigenvalue weighted by molar-refractivity contribution is -0.0440. The van der Waals surface area contributed by atoms with Crippen molar-refractivity contribution in [2.24, 2.45) is 0 Å². The van der Waals surface area contributed by atoms with Crippen LogP contribution in [0.1, 0.15) is 13.8 Å². The van der Waals surface area contributed by atoms with E-state index >= 15 is 0 Å². The van der Waals surface area contributed by atoms with Gasteiger partial charge in [-0.05, 0) is 38.1 Å². The molecular weight excluding hydrogens is 420 g/mol. The molecule has 1 fully saturated rings. The lowest BCUT2D eigenvalue weighted by Gasteiger charge is -2.34. The Bertz CT molecular complexity index is 1130. The minimum atomic E-state index is -3.60. The minimum absolute atomic E-state index is 0.129. The molecule has 0 aliphatic carbocycles. The highest BCUT2D eigenvalue weighted by Crippen LogP contribution is 2.32. The first-order valence-corrected chi connectivity index (χ1v) is 12.0. The highest BCUT2D eigenvalue weighted by Gasteiger charge is 2.32. The summed E-state index contributed by atoms with van der Waals surface area (Å²) in [4.78, 5) is 5.00. The molecule has 8 heteroatoms. The second kappa shape index (κ2) is 8.47. The number of thiazole rings is 1. The highest BCUT2D eigenvalue weighted by molar-refractivity contribution is 7.89. The Morgan fingerprint density at radius 3 is 2.50 bits per heavy atom. The van der Waals surface area contributed by atoms with Crippen molar-refractivity contribution in [3.63, 3.8) is 0 Å². The summed E-state index contributed by atoms with van der Waals surface area (Å²) in [6, 6.07) is 14.7. The number of ether oxygens (including phenoxy) is 2. The van der Waals surface area contributed by atoms with Gasteiger partial charge in [0.05, 0.1) is 29.9 Å². The van der Waals surface area contributed by atoms with Crippen LogP contribution in [-0.2, 0) is 14.8 Å². The van der Waals surface area contributed by atoms with Gasteiger partial charge in [0.1, 0.15) is 10.8 Å². The number of benzene rings is 2. The SMILES string of the molecule is COc1cccc(-c2nc(-c3cccc(S(=O)(=O)N4C[C@@H](C)O[C@@H](C)C4)c3)cs2)c1. The van der Waals surface area contributed by atoms with E-state index in [1.165, 1.54) is 15.6 Å². The maximum atomic E-state index is 13.2. The van der Waals surface area contributed by atoms with Gasteiger partial charge >= 0.3 is 0 Å². The van der Waals surface area contributed by atoms with Crippen molar-refractivity contribution in [3.8, 4) is 27.6 Å². The fourth-order valence-electron chi connectivity index (χ4n) is 3.59. The van der Waals surface area contributed by atoms with E-state index in [1.807, 2.05) is 49.6 Å². The van der Waals surface area contributed by atoms with Gasteiger partial charge in [0.2, 0.25) is 10.0 Å². The van der Waals surface area contributed by atoms with Crippen LogP contribution in [-0.4, -0.2) is 50.1 Å². The molecule has 1 saturated heterocycles. The van der Waals surface area contributed by atoms with Crippen LogP contribution in [0.5, 0.6) is 5.75 Å². The molecule has 30 heavy (non-hydrogen) atoms. The number of hydrogen-bond donors (Lipinski definition) is 0. The lowest BCUT2D eigenvalue weighted by atomic mass is 10.2. The molecular formula is C22H24N2O4S2. The van der Waals surface area contributed by atoms with Crippen LogP contribution in [0.15, 0.2) is 58.8 Å². The van der Waals surface area contributed by atoms with Crippen LogP contribution in [0.3, 0.4) is 0 Å². The summed E-state index contributed by atoms with van der Waals surface area (Å²) in [6.07, 6.45) is -0.258. The molecule has 2 heterocycles. The first-order valence-electron chi connectivity index (χ1n) is 9.73. The molecule has 0 radical (unpaired) electrons. The summed E-state index contributed by atoms with van der Waals surface area (Å²) in [6.45, 7) is 4.50. The van der Waals surface area contributed by atoms with Gasteiger partial charge in [-0.25, -0.2) is 13.4 Å². The van der Waals surface area contributed by atoms with Crippen molar-refractivity contribution in [3.05, 3.63) is 53.9 Å². The molecule has 1 aliphatic rings. The van der Waals surface area contributed by atoms with E-state index < -0.39 is 10.0 Å². The molecule has 0 bridgehead atoms. The molecule has 4 rings (SSSR count). The molecule has 1 aliphatic heterocycles. The van der Waals surface area contributed by atoms with Gasteiger partial charge < -0.3 is 9.47 Å². The summed E-state index contributed by atoms with van der Waals surface area (Å²) < 4.78 is 38.9. The van der Waals surface area contributed by atoms with Gasteiger partial charge in [-0.2, -0.15) is 4.31 Å². The number of aromatic nitrogens is 1. The van der Waals surface area contributed by atoms with E-state index in [0.717, 1.165) is 27.6 Å². The number of hydrogen-bond acceptors (Lipinski definition) is 6. The van der Waals surface area contributed by atoms with Crippen LogP contribution in [0.4, 0.5) is 0 Å². The summed E-state index contributed by atoms with van der Waals surface area (Å²) in [5.41, 5.74) is 2.49. The third-order valence-corrected chi connectivity index (χ3v) is 7.69. The van der Waals surface area contributed by atoms with Crippen LogP contribution >= 0.6 is 11.3 Å². The van der Waals surface area contributed by atoms with Crippen molar-refractivity contribution in [2.75, 3.05) is 20.2 Å². The quantitative estimate of drug-likeness (QED) is 0.587. The first kappa shape index (κ1) is 21.0. The second-order valence-electron chi connectivity index (χ2n) is 7.38. The predicted molar refractivity (Wildman–Crippen MR) is 118 cm³/mol. The molecule has 2 aromatic carbocycles. The van der Waals surface area contributed by atoms with Gasteiger partial charge in [-0.15, -0.1) is 11.3 Å². The second-order valence-corrected chi connectivity index (χ2v) is 10.2. The van der Waals surface area contributed by atoms with Crippen molar-refractivity contribution in [2.45, 2.75) is 31.0 Å². The number of sulfonamides is 1. The first-order chi connectivity index (χ1) is 14.4. The van der Waals surface area contributed by atoms with Gasteiger partial charge in [0.15, 0.2) is 0 Å². The average Bonchev–Trinajstić information content (AvgIpc) is 3.23. The van der Waals surface area contributed by atoms with Crippen molar-refractivity contribution in [1.82, 2.24) is 9.29 Å². The Labute approximate surface area is 181 Å². The van der Waals surface area contributed by atoms with Crippen LogP contribution < -0.4 is 4.74 Å². The minimum Gasteiger partial charge on any atom is -0.497 e. The Hall–Kier alpha value is -2.26. The van der Waals surface area contributed by atoms with E-state index in [1.54, 1.807) is 25.3 Å². The summed E-state index contributed by atoms with van der Waals surface area (Å²) >= 11 is 1.52. The molecule has 0 N–H and O–H groups in total. The van der Waals surface area contributed by atoms with Gasteiger partial charge in [0.25, 0.3) is 0 Å². The van der Waals surface area contributed by atoms with E-state index in [2.05, 4.69) is 0 Å². The standard InChI is InChI=1S/C22H24N2O4S2/c1-15-12-24(13-16(2)28-15)30(25,26)20-9-5-6-17(11-20)21-14-29-22(23-21)18-7-4-8-19(10-18)27-3/h4-11,14-16H,12-13H2,1-3H3/t15-,16+. The zero-order valence-electron chi connectivity index (χ0n) is 17.1. The van der Waals surface area contributed by atoms with E-state index in [4.69, 9.17) is 14.5 Å². The largest absolute Gasteiger partial charge is 0.497 e. The number of morpholine rings is 1. The number of rotatable bonds is 5. The Morgan fingerprint density at radius 1 is 1.07 bits per heavy atom. The Morgan fingerprint density at radius 2 is 1.77 bits per heavy atom. The van der Waals surface area contributed by atoms with Gasteiger partial charge in [0, 0.05) is 29.6 Å². The maximum absolute atomic E-state index is 13.2. The van der Waals surface area contributed by atoms with E-state index in [0.29, 0.717) is 13.1 Å². The third-order valence-electron chi connectivity index (χ3n) is 4.97. The topological polar surface area (TPSA) is 68.7 Å². The molecule has 0 saturated carbocycles. The molecule has 1 aromatic heterocycles. The van der Waals surface area contributed by atoms with Crippen molar-refractivity contribution >= 4 is 21.4 Å². The van der Waals surface area contributed by atoms with Crippen LogP contribution in [0, 0.1) is 0 Å². The van der Waals surface area contributed by atoms with Crippen LogP contribution in [0.2, 0.25) is 0 Å². The highest BCUT2D eigenvalue weighted by atomic mass is 32.2. The fraction of sp³-hybridized carbons (Fsp3) is 0.318. The molecule has 6 nitrogen and oxygen atoms in total. The van der Waals surface area contributed by atoms with Crippen LogP contribution in [0.25, 0.3) is 21.8 Å². The van der Waals surface area contributed by atoms with Crippen molar-refractivity contribution in [1.29, 1.82) is 0 Å². The molecule has 3 aromatic rings.